The normalized spacial score (nSPS) is 16.8. The van der Waals surface area contributed by atoms with Crippen molar-refractivity contribution in [3.63, 3.8) is 0 Å². The van der Waals surface area contributed by atoms with Gasteiger partial charge >= 0.3 is 6.03 Å². The summed E-state index contributed by atoms with van der Waals surface area (Å²) < 4.78 is 26.8. The molecule has 2 heterocycles. The number of nitrogens with one attached hydrogen (secondary N) is 2. The van der Waals surface area contributed by atoms with Gasteiger partial charge in [0.25, 0.3) is 5.91 Å². The van der Waals surface area contributed by atoms with E-state index in [2.05, 4.69) is 34.4 Å². The van der Waals surface area contributed by atoms with E-state index < -0.39 is 21.8 Å². The minimum Gasteiger partial charge on any atom is -0.297 e. The van der Waals surface area contributed by atoms with Crippen LogP contribution >= 0.6 is 22.9 Å². The Hall–Kier alpha value is -2.53. The second-order valence-corrected chi connectivity index (χ2v) is 11.9. The fourth-order valence-corrected chi connectivity index (χ4v) is 6.99. The van der Waals surface area contributed by atoms with Crippen LogP contribution in [0.1, 0.15) is 37.0 Å². The number of hydrogen-bond donors (Lipinski definition) is 2. The largest absolute Gasteiger partial charge is 0.327 e. The molecule has 1 aliphatic heterocycles. The number of anilines is 1. The highest BCUT2D eigenvalue weighted by molar-refractivity contribution is 7.91. The molecule has 0 aliphatic carbocycles. The van der Waals surface area contributed by atoms with Crippen LogP contribution in [0.15, 0.2) is 47.4 Å². The first-order chi connectivity index (χ1) is 16.1. The summed E-state index contributed by atoms with van der Waals surface area (Å²) in [7, 11) is -3.49. The number of benzene rings is 2. The molecule has 11 heteroatoms. The van der Waals surface area contributed by atoms with E-state index >= 15 is 0 Å². The number of likely N-dealkylation sites (tertiary alicyclic amines) is 1. The third kappa shape index (κ3) is 5.41. The fourth-order valence-electron chi connectivity index (χ4n) is 4.16. The van der Waals surface area contributed by atoms with Crippen LogP contribution in [0.4, 0.5) is 9.93 Å². The number of imide groups is 1. The number of hydrogen-bond acceptors (Lipinski definition) is 7. The average Bonchev–Trinajstić information content (AvgIpc) is 3.39. The number of sulfone groups is 1. The minimum absolute atomic E-state index is 0.0127. The van der Waals surface area contributed by atoms with Crippen molar-refractivity contribution in [1.82, 2.24) is 15.2 Å². The van der Waals surface area contributed by atoms with Crippen molar-refractivity contribution in [3.8, 4) is 0 Å². The standard InChI is InChI=1S/C23H25ClN4O4S2/c1-14(2)28-11-5-6-15(28)13-34(31,32)16-9-10-19-20(12-16)33-23(25-19)27-22(30)26-21(29)17-7-3-4-8-18(17)24/h3-4,7-10,12,14-15H,5-6,11,13H2,1-2H3,(H2,25,26,27,29,30). The lowest BCUT2D eigenvalue weighted by atomic mass is 10.2. The third-order valence-electron chi connectivity index (χ3n) is 5.78. The predicted molar refractivity (Wildman–Crippen MR) is 134 cm³/mol. The van der Waals surface area contributed by atoms with Crippen molar-refractivity contribution >= 4 is 60.1 Å². The zero-order valence-electron chi connectivity index (χ0n) is 18.7. The molecule has 4 rings (SSSR count). The second-order valence-electron chi connectivity index (χ2n) is 8.45. The highest BCUT2D eigenvalue weighted by Crippen LogP contribution is 2.30. The second kappa shape index (κ2) is 9.99. The van der Waals surface area contributed by atoms with Gasteiger partial charge in [-0.15, -0.1) is 0 Å². The lowest BCUT2D eigenvalue weighted by molar-refractivity contribution is 0.0967. The van der Waals surface area contributed by atoms with E-state index in [1.165, 1.54) is 6.07 Å². The Labute approximate surface area is 207 Å². The molecule has 3 aromatic rings. The summed E-state index contributed by atoms with van der Waals surface area (Å²) in [6.45, 7) is 5.09. The molecule has 1 saturated heterocycles. The predicted octanol–water partition coefficient (Wildman–Crippen LogP) is 4.56. The van der Waals surface area contributed by atoms with Gasteiger partial charge < -0.3 is 0 Å². The molecule has 0 radical (unpaired) electrons. The van der Waals surface area contributed by atoms with Crippen molar-refractivity contribution in [2.24, 2.45) is 0 Å². The van der Waals surface area contributed by atoms with Gasteiger partial charge in [-0.25, -0.2) is 18.2 Å². The van der Waals surface area contributed by atoms with Crippen LogP contribution in [0.3, 0.4) is 0 Å². The zero-order chi connectivity index (χ0) is 24.5. The van der Waals surface area contributed by atoms with Gasteiger partial charge in [-0.2, -0.15) is 0 Å². The van der Waals surface area contributed by atoms with Crippen LogP contribution in [-0.4, -0.2) is 54.6 Å². The molecule has 1 aromatic heterocycles. The Morgan fingerprint density at radius 2 is 2.00 bits per heavy atom. The third-order valence-corrected chi connectivity index (χ3v) is 8.84. The molecule has 8 nitrogen and oxygen atoms in total. The first-order valence-electron chi connectivity index (χ1n) is 10.9. The molecule has 0 spiro atoms. The van der Waals surface area contributed by atoms with Crippen LogP contribution in [-0.2, 0) is 9.84 Å². The van der Waals surface area contributed by atoms with Gasteiger partial charge in [0.15, 0.2) is 15.0 Å². The van der Waals surface area contributed by atoms with E-state index in [1.54, 1.807) is 36.4 Å². The Morgan fingerprint density at radius 1 is 1.24 bits per heavy atom. The lowest BCUT2D eigenvalue weighted by Crippen LogP contribution is -2.39. The molecule has 2 N–H and O–H groups in total. The number of halogens is 1. The molecule has 1 atom stereocenters. The van der Waals surface area contributed by atoms with E-state index in [0.29, 0.717) is 16.3 Å². The van der Waals surface area contributed by atoms with E-state index in [0.717, 1.165) is 30.7 Å². The number of amides is 3. The van der Waals surface area contributed by atoms with Crippen molar-refractivity contribution < 1.29 is 18.0 Å². The van der Waals surface area contributed by atoms with E-state index in [-0.39, 0.29) is 32.4 Å². The molecule has 1 fully saturated rings. The van der Waals surface area contributed by atoms with Crippen molar-refractivity contribution in [2.45, 2.75) is 43.7 Å². The Morgan fingerprint density at radius 3 is 2.74 bits per heavy atom. The fraction of sp³-hybridized carbons (Fsp3) is 0.348. The van der Waals surface area contributed by atoms with Crippen LogP contribution in [0.25, 0.3) is 10.2 Å². The smallest absolute Gasteiger partial charge is 0.297 e. The van der Waals surface area contributed by atoms with Crippen LogP contribution in [0.5, 0.6) is 0 Å². The molecule has 0 saturated carbocycles. The first kappa shape index (κ1) is 24.6. The molecule has 0 bridgehead atoms. The molecular formula is C23H25ClN4O4S2. The number of carbonyl (C=O) groups excluding carboxylic acids is 2. The molecule has 1 unspecified atom stereocenters. The number of nitrogens with zero attached hydrogens (tertiary/aromatic N) is 2. The van der Waals surface area contributed by atoms with Gasteiger partial charge in [-0.3, -0.25) is 20.3 Å². The van der Waals surface area contributed by atoms with Crippen molar-refractivity contribution in [2.75, 3.05) is 17.6 Å². The highest BCUT2D eigenvalue weighted by atomic mass is 35.5. The summed E-state index contributed by atoms with van der Waals surface area (Å²) in [5.41, 5.74) is 0.734. The van der Waals surface area contributed by atoms with Gasteiger partial charge in [0, 0.05) is 12.1 Å². The number of thiazole rings is 1. The summed E-state index contributed by atoms with van der Waals surface area (Å²) in [4.78, 5) is 31.3. The van der Waals surface area contributed by atoms with Gasteiger partial charge in [-0.1, -0.05) is 35.1 Å². The molecule has 34 heavy (non-hydrogen) atoms. The molecule has 1 aliphatic rings. The summed E-state index contributed by atoms with van der Waals surface area (Å²) in [6.07, 6.45) is 1.87. The van der Waals surface area contributed by atoms with Crippen LogP contribution < -0.4 is 10.6 Å². The summed E-state index contributed by atoms with van der Waals surface area (Å²) in [6, 6.07) is 10.7. The zero-order valence-corrected chi connectivity index (χ0v) is 21.1. The molecule has 3 amide bonds. The van der Waals surface area contributed by atoms with Gasteiger partial charge in [0.05, 0.1) is 31.5 Å². The van der Waals surface area contributed by atoms with Crippen LogP contribution in [0, 0.1) is 0 Å². The minimum atomic E-state index is -3.49. The van der Waals surface area contributed by atoms with E-state index in [9.17, 15) is 18.0 Å². The average molecular weight is 521 g/mol. The number of rotatable bonds is 6. The maximum Gasteiger partial charge on any atom is 0.327 e. The van der Waals surface area contributed by atoms with Gasteiger partial charge in [0.2, 0.25) is 0 Å². The lowest BCUT2D eigenvalue weighted by Gasteiger charge is -2.28. The Kier molecular flexibility index (Phi) is 7.22. The van der Waals surface area contributed by atoms with Gasteiger partial charge in [-0.05, 0) is 63.6 Å². The summed E-state index contributed by atoms with van der Waals surface area (Å²) >= 11 is 7.12. The van der Waals surface area contributed by atoms with Gasteiger partial charge in [0.1, 0.15) is 0 Å². The summed E-state index contributed by atoms with van der Waals surface area (Å²) in [5, 5.41) is 5.21. The SMILES string of the molecule is CC(C)N1CCCC1CS(=O)(=O)c1ccc2nc(NC(=O)NC(=O)c3ccccc3Cl)sc2c1. The van der Waals surface area contributed by atoms with E-state index in [1.807, 2.05) is 0 Å². The Bertz CT molecular complexity index is 1340. The maximum atomic E-state index is 13.1. The molecule has 2 aromatic carbocycles. The van der Waals surface area contributed by atoms with Crippen molar-refractivity contribution in [3.05, 3.63) is 53.1 Å². The monoisotopic (exact) mass is 520 g/mol. The maximum absolute atomic E-state index is 13.1. The quantitative estimate of drug-likeness (QED) is 0.493. The molecular weight excluding hydrogens is 496 g/mol. The van der Waals surface area contributed by atoms with Crippen molar-refractivity contribution in [1.29, 1.82) is 0 Å². The number of aromatic nitrogens is 1. The topological polar surface area (TPSA) is 108 Å². The molecule has 180 valence electrons. The number of carbonyl (C=O) groups is 2. The number of urea groups is 1. The highest BCUT2D eigenvalue weighted by Gasteiger charge is 2.31. The summed E-state index contributed by atoms with van der Waals surface area (Å²) in [5.74, 6) is -0.562. The number of fused-ring (bicyclic) bond motifs is 1. The van der Waals surface area contributed by atoms with Crippen LogP contribution in [0.2, 0.25) is 5.02 Å². The first-order valence-corrected chi connectivity index (χ1v) is 13.7. The Balaban J connectivity index is 1.46. The van der Waals surface area contributed by atoms with E-state index in [4.69, 9.17) is 11.6 Å².